The lowest BCUT2D eigenvalue weighted by molar-refractivity contribution is -0.154. The summed E-state index contributed by atoms with van der Waals surface area (Å²) in [5.74, 6) is -2.97. The highest BCUT2D eigenvalue weighted by atomic mass is 19.4. The standard InChI is InChI=1S/C17H18F3NO4/c1-9(2)13(25-16(24)10(3)4)15(23)21-14(22)11-5-7-12(8-6-11)17(18,19)20/h5-9,13H,3H2,1-2,4H3,(H,21,22,23). The summed E-state index contributed by atoms with van der Waals surface area (Å²) in [6.45, 7) is 8.03. The van der Waals surface area contributed by atoms with Crippen LogP contribution in [0.25, 0.3) is 0 Å². The number of ether oxygens (including phenoxy) is 1. The van der Waals surface area contributed by atoms with Crippen molar-refractivity contribution < 1.29 is 32.3 Å². The fourth-order valence-corrected chi connectivity index (χ4v) is 1.77. The zero-order valence-electron chi connectivity index (χ0n) is 13.9. The van der Waals surface area contributed by atoms with E-state index in [-0.39, 0.29) is 11.1 Å². The van der Waals surface area contributed by atoms with Crippen LogP contribution >= 0.6 is 0 Å². The van der Waals surface area contributed by atoms with Crippen LogP contribution in [0.4, 0.5) is 13.2 Å². The van der Waals surface area contributed by atoms with Crippen LogP contribution in [0.1, 0.15) is 36.7 Å². The van der Waals surface area contributed by atoms with Gasteiger partial charge in [-0.1, -0.05) is 20.4 Å². The number of nitrogens with one attached hydrogen (secondary N) is 1. The zero-order chi connectivity index (χ0) is 19.4. The van der Waals surface area contributed by atoms with Gasteiger partial charge in [-0.05, 0) is 37.1 Å². The summed E-state index contributed by atoms with van der Waals surface area (Å²) >= 11 is 0. The SMILES string of the molecule is C=C(C)C(=O)OC(C(=O)NC(=O)c1ccc(C(F)(F)F)cc1)C(C)C. The van der Waals surface area contributed by atoms with Crippen molar-refractivity contribution in [3.05, 3.63) is 47.5 Å². The van der Waals surface area contributed by atoms with Crippen LogP contribution in [0.2, 0.25) is 0 Å². The van der Waals surface area contributed by atoms with Gasteiger partial charge in [-0.25, -0.2) is 4.79 Å². The maximum absolute atomic E-state index is 12.5. The predicted octanol–water partition coefficient (Wildman–Crippen LogP) is 3.11. The average molecular weight is 357 g/mol. The van der Waals surface area contributed by atoms with E-state index in [0.717, 1.165) is 24.3 Å². The molecule has 0 aliphatic carbocycles. The molecule has 0 fully saturated rings. The smallest absolute Gasteiger partial charge is 0.416 e. The molecule has 0 radical (unpaired) electrons. The number of hydrogen-bond acceptors (Lipinski definition) is 4. The molecule has 8 heteroatoms. The number of halogens is 3. The van der Waals surface area contributed by atoms with Gasteiger partial charge in [0.1, 0.15) is 0 Å². The van der Waals surface area contributed by atoms with Crippen molar-refractivity contribution >= 4 is 17.8 Å². The number of alkyl halides is 3. The van der Waals surface area contributed by atoms with Crippen LogP contribution in [0.5, 0.6) is 0 Å². The molecule has 0 spiro atoms. The molecule has 0 heterocycles. The molecule has 5 nitrogen and oxygen atoms in total. The second-order valence-corrected chi connectivity index (χ2v) is 5.74. The van der Waals surface area contributed by atoms with E-state index in [2.05, 4.69) is 6.58 Å². The van der Waals surface area contributed by atoms with Gasteiger partial charge >= 0.3 is 12.1 Å². The van der Waals surface area contributed by atoms with Crippen molar-refractivity contribution in [1.82, 2.24) is 5.32 Å². The second kappa shape index (κ2) is 7.96. The van der Waals surface area contributed by atoms with Gasteiger partial charge in [0.05, 0.1) is 5.56 Å². The minimum absolute atomic E-state index is 0.0903. The monoisotopic (exact) mass is 357 g/mol. The highest BCUT2D eigenvalue weighted by Gasteiger charge is 2.31. The Balaban J connectivity index is 2.84. The van der Waals surface area contributed by atoms with Crippen LogP contribution < -0.4 is 5.32 Å². The van der Waals surface area contributed by atoms with E-state index in [4.69, 9.17) is 4.74 Å². The van der Waals surface area contributed by atoms with Crippen molar-refractivity contribution in [3.8, 4) is 0 Å². The maximum Gasteiger partial charge on any atom is 0.416 e. The van der Waals surface area contributed by atoms with E-state index in [1.807, 2.05) is 5.32 Å². The Morgan fingerprint density at radius 3 is 2.04 bits per heavy atom. The van der Waals surface area contributed by atoms with Crippen molar-refractivity contribution in [1.29, 1.82) is 0 Å². The lowest BCUT2D eigenvalue weighted by atomic mass is 10.1. The Kier molecular flexibility index (Phi) is 6.49. The summed E-state index contributed by atoms with van der Waals surface area (Å²) in [7, 11) is 0. The predicted molar refractivity (Wildman–Crippen MR) is 83.4 cm³/mol. The Bertz CT molecular complexity index is 678. The first-order chi connectivity index (χ1) is 11.4. The maximum atomic E-state index is 12.5. The Morgan fingerprint density at radius 2 is 1.64 bits per heavy atom. The number of rotatable bonds is 5. The summed E-state index contributed by atoms with van der Waals surface area (Å²) in [6.07, 6.45) is -5.76. The molecule has 136 valence electrons. The zero-order valence-corrected chi connectivity index (χ0v) is 13.9. The van der Waals surface area contributed by atoms with Crippen molar-refractivity contribution in [2.75, 3.05) is 0 Å². The van der Waals surface area contributed by atoms with E-state index >= 15 is 0 Å². The molecule has 0 aliphatic heterocycles. The molecule has 0 aliphatic rings. The lowest BCUT2D eigenvalue weighted by Crippen LogP contribution is -2.43. The minimum Gasteiger partial charge on any atom is -0.449 e. The van der Waals surface area contributed by atoms with Gasteiger partial charge in [-0.3, -0.25) is 14.9 Å². The minimum atomic E-state index is -4.52. The molecule has 1 rings (SSSR count). The Morgan fingerprint density at radius 1 is 1.12 bits per heavy atom. The molecular weight excluding hydrogens is 339 g/mol. The average Bonchev–Trinajstić information content (AvgIpc) is 2.50. The number of amides is 2. The molecule has 0 bridgehead atoms. The molecule has 25 heavy (non-hydrogen) atoms. The second-order valence-electron chi connectivity index (χ2n) is 5.74. The fraction of sp³-hybridized carbons (Fsp3) is 0.353. The molecular formula is C17H18F3NO4. The fourth-order valence-electron chi connectivity index (χ4n) is 1.77. The van der Waals surface area contributed by atoms with E-state index in [1.165, 1.54) is 6.92 Å². The van der Waals surface area contributed by atoms with Gasteiger partial charge in [0.2, 0.25) is 0 Å². The van der Waals surface area contributed by atoms with Gasteiger partial charge in [-0.2, -0.15) is 13.2 Å². The quantitative estimate of drug-likeness (QED) is 0.649. The molecule has 0 saturated heterocycles. The largest absolute Gasteiger partial charge is 0.449 e. The van der Waals surface area contributed by atoms with E-state index in [9.17, 15) is 27.6 Å². The molecule has 1 atom stereocenters. The van der Waals surface area contributed by atoms with Gasteiger partial charge in [0.25, 0.3) is 11.8 Å². The van der Waals surface area contributed by atoms with Gasteiger partial charge < -0.3 is 4.74 Å². The van der Waals surface area contributed by atoms with Crippen LogP contribution in [0.3, 0.4) is 0 Å². The third kappa shape index (κ3) is 5.74. The number of carbonyl (C=O) groups excluding carboxylic acids is 3. The topological polar surface area (TPSA) is 72.5 Å². The molecule has 2 amide bonds. The Hall–Kier alpha value is -2.64. The highest BCUT2D eigenvalue weighted by Crippen LogP contribution is 2.29. The first-order valence-corrected chi connectivity index (χ1v) is 7.32. The number of carbonyl (C=O) groups is 3. The molecule has 1 unspecified atom stereocenters. The summed E-state index contributed by atoms with van der Waals surface area (Å²) in [6, 6.07) is 3.38. The third-order valence-corrected chi connectivity index (χ3v) is 3.16. The van der Waals surface area contributed by atoms with Crippen molar-refractivity contribution in [3.63, 3.8) is 0 Å². The summed E-state index contributed by atoms with van der Waals surface area (Å²) in [5.41, 5.74) is -0.951. The van der Waals surface area contributed by atoms with Crippen LogP contribution in [0, 0.1) is 5.92 Å². The summed E-state index contributed by atoms with van der Waals surface area (Å²) in [5, 5.41) is 2.01. The lowest BCUT2D eigenvalue weighted by Gasteiger charge is -2.20. The molecule has 0 aromatic heterocycles. The van der Waals surface area contributed by atoms with Crippen LogP contribution in [0.15, 0.2) is 36.4 Å². The first kappa shape index (κ1) is 20.4. The summed E-state index contributed by atoms with van der Waals surface area (Å²) < 4.78 is 42.5. The van der Waals surface area contributed by atoms with Crippen molar-refractivity contribution in [2.45, 2.75) is 33.1 Å². The highest BCUT2D eigenvalue weighted by molar-refractivity contribution is 6.06. The molecule has 1 N–H and O–H groups in total. The van der Waals surface area contributed by atoms with Crippen molar-refractivity contribution in [2.24, 2.45) is 5.92 Å². The number of hydrogen-bond donors (Lipinski definition) is 1. The van der Waals surface area contributed by atoms with Gasteiger partial charge in [0.15, 0.2) is 6.10 Å². The summed E-state index contributed by atoms with van der Waals surface area (Å²) in [4.78, 5) is 35.7. The Labute approximate surface area is 142 Å². The van der Waals surface area contributed by atoms with E-state index < -0.39 is 41.5 Å². The number of imide groups is 1. The third-order valence-electron chi connectivity index (χ3n) is 3.16. The van der Waals surface area contributed by atoms with Gasteiger partial charge in [0, 0.05) is 11.1 Å². The van der Waals surface area contributed by atoms with E-state index in [0.29, 0.717) is 0 Å². The first-order valence-electron chi connectivity index (χ1n) is 7.32. The molecule has 0 saturated carbocycles. The van der Waals surface area contributed by atoms with Crippen LogP contribution in [-0.4, -0.2) is 23.9 Å². The number of benzene rings is 1. The normalized spacial score (nSPS) is 12.4. The molecule has 1 aromatic carbocycles. The number of esters is 1. The van der Waals surface area contributed by atoms with E-state index in [1.54, 1.807) is 13.8 Å². The van der Waals surface area contributed by atoms with Gasteiger partial charge in [-0.15, -0.1) is 0 Å². The van der Waals surface area contributed by atoms with Crippen LogP contribution in [-0.2, 0) is 20.5 Å². The molecule has 1 aromatic rings.